The van der Waals surface area contributed by atoms with Crippen LogP contribution in [0.25, 0.3) is 0 Å². The van der Waals surface area contributed by atoms with E-state index < -0.39 is 15.4 Å². The zero-order valence-corrected chi connectivity index (χ0v) is 21.6. The van der Waals surface area contributed by atoms with E-state index in [1.165, 1.54) is 83.5 Å². The van der Waals surface area contributed by atoms with Crippen molar-refractivity contribution >= 4 is 33.2 Å². The number of hydrogen-bond acceptors (Lipinski definition) is 3. The van der Waals surface area contributed by atoms with Crippen LogP contribution in [0.15, 0.2) is 30.3 Å². The fraction of sp³-hybridized carbons (Fsp3) is 0.760. The van der Waals surface area contributed by atoms with Crippen molar-refractivity contribution in [1.82, 2.24) is 0 Å². The van der Waals surface area contributed by atoms with E-state index in [1.807, 2.05) is 6.07 Å². The van der Waals surface area contributed by atoms with E-state index in [-0.39, 0.29) is 23.1 Å². The van der Waals surface area contributed by atoms with Gasteiger partial charge in [-0.1, -0.05) is 140 Å². The first kappa shape index (κ1) is 29.9. The molecule has 0 aliphatic heterocycles. The Kier molecular flexibility index (Phi) is 19.5. The van der Waals surface area contributed by atoms with Gasteiger partial charge in [0.2, 0.25) is 0 Å². The SMILES string of the molecule is CCCCCCCCCCCCCCCCCCC(c1ccccc1)S(=O)(=O)[O-].[Mg+2]. The minimum atomic E-state index is -4.29. The molecule has 30 heavy (non-hydrogen) atoms. The van der Waals surface area contributed by atoms with E-state index >= 15 is 0 Å². The van der Waals surface area contributed by atoms with Crippen LogP contribution in [0.1, 0.15) is 127 Å². The van der Waals surface area contributed by atoms with Crippen molar-refractivity contribution in [2.24, 2.45) is 0 Å². The zero-order valence-electron chi connectivity index (χ0n) is 19.3. The van der Waals surface area contributed by atoms with Crippen molar-refractivity contribution in [3.63, 3.8) is 0 Å². The van der Waals surface area contributed by atoms with Gasteiger partial charge in [-0.15, -0.1) is 0 Å². The molecule has 1 aromatic rings. The molecular formula is C25H43MgO3S+. The molecule has 0 heterocycles. The monoisotopic (exact) mass is 447 g/mol. The van der Waals surface area contributed by atoms with Crippen molar-refractivity contribution in [3.8, 4) is 0 Å². The molecule has 1 rings (SSSR count). The van der Waals surface area contributed by atoms with E-state index in [2.05, 4.69) is 6.92 Å². The minimum Gasteiger partial charge on any atom is -0.747 e. The van der Waals surface area contributed by atoms with Crippen LogP contribution in [0.2, 0.25) is 0 Å². The van der Waals surface area contributed by atoms with Crippen molar-refractivity contribution in [2.45, 2.75) is 121 Å². The summed E-state index contributed by atoms with van der Waals surface area (Å²) in [6.07, 6.45) is 21.1. The van der Waals surface area contributed by atoms with Gasteiger partial charge >= 0.3 is 23.1 Å². The average Bonchev–Trinajstić information content (AvgIpc) is 2.70. The molecule has 0 amide bonds. The van der Waals surface area contributed by atoms with Gasteiger partial charge in [0.1, 0.15) is 10.1 Å². The molecule has 3 nitrogen and oxygen atoms in total. The van der Waals surface area contributed by atoms with Gasteiger partial charge in [0.05, 0.1) is 5.25 Å². The van der Waals surface area contributed by atoms with Crippen molar-refractivity contribution in [3.05, 3.63) is 35.9 Å². The number of unbranched alkanes of at least 4 members (excludes halogenated alkanes) is 15. The third-order valence-electron chi connectivity index (χ3n) is 5.84. The van der Waals surface area contributed by atoms with Crippen LogP contribution < -0.4 is 0 Å². The molecule has 168 valence electrons. The molecule has 0 aliphatic carbocycles. The first-order chi connectivity index (χ1) is 14.1. The Labute approximate surface area is 202 Å². The molecular weight excluding hydrogens is 405 g/mol. The van der Waals surface area contributed by atoms with E-state index in [4.69, 9.17) is 0 Å². The Morgan fingerprint density at radius 1 is 0.667 bits per heavy atom. The van der Waals surface area contributed by atoms with Crippen LogP contribution in [0.4, 0.5) is 0 Å². The Bertz CT molecular complexity index is 590. The van der Waals surface area contributed by atoms with Crippen molar-refractivity contribution < 1.29 is 13.0 Å². The molecule has 0 fully saturated rings. The molecule has 0 bridgehead atoms. The second-order valence-electron chi connectivity index (χ2n) is 8.48. The number of hydrogen-bond donors (Lipinski definition) is 0. The maximum absolute atomic E-state index is 11.6. The van der Waals surface area contributed by atoms with Gasteiger partial charge in [-0.2, -0.15) is 0 Å². The first-order valence-electron chi connectivity index (χ1n) is 12.1. The van der Waals surface area contributed by atoms with E-state index in [0.29, 0.717) is 12.0 Å². The van der Waals surface area contributed by atoms with Crippen LogP contribution >= 0.6 is 0 Å². The fourth-order valence-electron chi connectivity index (χ4n) is 4.02. The van der Waals surface area contributed by atoms with Gasteiger partial charge in [0.15, 0.2) is 0 Å². The first-order valence-corrected chi connectivity index (χ1v) is 13.5. The Morgan fingerprint density at radius 2 is 1.03 bits per heavy atom. The summed E-state index contributed by atoms with van der Waals surface area (Å²) < 4.78 is 34.7. The molecule has 1 atom stereocenters. The van der Waals surface area contributed by atoms with Crippen LogP contribution in [0, 0.1) is 0 Å². The van der Waals surface area contributed by atoms with E-state index in [0.717, 1.165) is 19.3 Å². The van der Waals surface area contributed by atoms with Gasteiger partial charge in [-0.25, -0.2) is 8.42 Å². The molecule has 1 aromatic carbocycles. The van der Waals surface area contributed by atoms with Crippen molar-refractivity contribution in [1.29, 1.82) is 0 Å². The van der Waals surface area contributed by atoms with Crippen LogP contribution in [-0.4, -0.2) is 36.0 Å². The quantitative estimate of drug-likeness (QED) is 0.125. The van der Waals surface area contributed by atoms with E-state index in [9.17, 15) is 13.0 Å². The largest absolute Gasteiger partial charge is 2.00 e. The summed E-state index contributed by atoms with van der Waals surface area (Å²) in [5.74, 6) is 0. The van der Waals surface area contributed by atoms with Gasteiger partial charge in [-0.3, -0.25) is 0 Å². The van der Waals surface area contributed by atoms with Gasteiger partial charge in [0, 0.05) is 0 Å². The summed E-state index contributed by atoms with van der Waals surface area (Å²) in [5.41, 5.74) is 0.628. The second-order valence-corrected chi connectivity index (χ2v) is 10.0. The maximum Gasteiger partial charge on any atom is 2.00 e. The predicted molar refractivity (Wildman–Crippen MR) is 129 cm³/mol. The molecule has 0 radical (unpaired) electrons. The summed E-state index contributed by atoms with van der Waals surface area (Å²) in [5, 5.41) is -0.893. The standard InChI is InChI=1S/C25H44O3S.Mg/c1-2-3-4-5-6-7-8-9-10-11-12-13-14-15-16-20-23-25(29(26,27)28)24-21-18-17-19-22-24;/h17-19,21-22,25H,2-16,20,23H2,1H3,(H,26,27,28);/q;+2/p-1. The normalized spacial score (nSPS) is 12.5. The summed E-state index contributed by atoms with van der Waals surface area (Å²) >= 11 is 0. The molecule has 0 spiro atoms. The average molecular weight is 448 g/mol. The Balaban J connectivity index is 0.00000841. The van der Waals surface area contributed by atoms with Gasteiger partial charge < -0.3 is 4.55 Å². The molecule has 5 heteroatoms. The molecule has 0 saturated carbocycles. The fourth-order valence-corrected chi connectivity index (χ4v) is 4.97. The second kappa shape index (κ2) is 19.6. The Morgan fingerprint density at radius 3 is 1.40 bits per heavy atom. The molecule has 0 aromatic heterocycles. The van der Waals surface area contributed by atoms with Crippen LogP contribution in [-0.2, 0) is 10.1 Å². The summed E-state index contributed by atoms with van der Waals surface area (Å²) in [6, 6.07) is 8.91. The maximum atomic E-state index is 11.6. The molecule has 0 N–H and O–H groups in total. The van der Waals surface area contributed by atoms with Crippen molar-refractivity contribution in [2.75, 3.05) is 0 Å². The van der Waals surface area contributed by atoms with Crippen LogP contribution in [0.3, 0.4) is 0 Å². The van der Waals surface area contributed by atoms with Gasteiger partial charge in [0.25, 0.3) is 0 Å². The summed E-state index contributed by atoms with van der Waals surface area (Å²) in [4.78, 5) is 0. The smallest absolute Gasteiger partial charge is 0.747 e. The molecule has 1 unspecified atom stereocenters. The predicted octanol–water partition coefficient (Wildman–Crippen LogP) is 7.54. The summed E-state index contributed by atoms with van der Waals surface area (Å²) in [7, 11) is -4.29. The zero-order chi connectivity index (χ0) is 21.2. The minimum absolute atomic E-state index is 0. The topological polar surface area (TPSA) is 57.2 Å². The number of rotatable bonds is 19. The molecule has 0 saturated heterocycles. The van der Waals surface area contributed by atoms with Crippen LogP contribution in [0.5, 0.6) is 0 Å². The molecule has 0 aliphatic rings. The third-order valence-corrected chi connectivity index (χ3v) is 7.04. The summed E-state index contributed by atoms with van der Waals surface area (Å²) in [6.45, 7) is 2.27. The number of benzene rings is 1. The third kappa shape index (κ3) is 15.7. The van der Waals surface area contributed by atoms with Gasteiger partial charge in [-0.05, 0) is 12.0 Å². The Hall–Kier alpha value is -0.104. The van der Waals surface area contributed by atoms with E-state index in [1.54, 1.807) is 24.3 Å².